The third-order valence-corrected chi connectivity index (χ3v) is 6.71. The minimum Gasteiger partial charge on any atom is -0.497 e. The van der Waals surface area contributed by atoms with E-state index in [4.69, 9.17) is 4.74 Å². The van der Waals surface area contributed by atoms with Gasteiger partial charge in [0, 0.05) is 37.6 Å². The minimum atomic E-state index is 0.0584. The molecule has 0 spiro atoms. The fourth-order valence-electron chi connectivity index (χ4n) is 3.83. The number of fused-ring (bicyclic) bond motifs is 1. The molecule has 0 aliphatic heterocycles. The SMILES string of the molecule is COc1ccc2cc(CN(C)C(=O)CSc3nnc(-c4cccnc4)n3C3CC3)ccc2c1. The van der Waals surface area contributed by atoms with E-state index in [2.05, 4.69) is 37.9 Å². The zero-order valence-electron chi connectivity index (χ0n) is 18.6. The van der Waals surface area contributed by atoms with Gasteiger partial charge in [-0.3, -0.25) is 14.3 Å². The van der Waals surface area contributed by atoms with E-state index in [-0.39, 0.29) is 5.91 Å². The van der Waals surface area contributed by atoms with Gasteiger partial charge in [0.2, 0.25) is 5.91 Å². The van der Waals surface area contributed by atoms with Crippen molar-refractivity contribution >= 4 is 28.4 Å². The van der Waals surface area contributed by atoms with Crippen LogP contribution in [0.3, 0.4) is 0 Å². The highest BCUT2D eigenvalue weighted by atomic mass is 32.2. The fraction of sp³-hybridized carbons (Fsp3) is 0.280. The molecule has 8 heteroatoms. The number of hydrogen-bond acceptors (Lipinski definition) is 6. The number of amides is 1. The normalized spacial score (nSPS) is 13.3. The molecule has 1 amide bonds. The number of aromatic nitrogens is 4. The van der Waals surface area contributed by atoms with Crippen LogP contribution in [0.15, 0.2) is 66.1 Å². The van der Waals surface area contributed by atoms with Gasteiger partial charge in [-0.1, -0.05) is 30.0 Å². The lowest BCUT2D eigenvalue weighted by Crippen LogP contribution is -2.27. The Kier molecular flexibility index (Phi) is 6.00. The van der Waals surface area contributed by atoms with E-state index in [1.807, 2.05) is 37.4 Å². The fourth-order valence-corrected chi connectivity index (χ4v) is 4.77. The third kappa shape index (κ3) is 4.71. The molecule has 168 valence electrons. The summed E-state index contributed by atoms with van der Waals surface area (Å²) in [6.45, 7) is 0.553. The number of carbonyl (C=O) groups excluding carboxylic acids is 1. The van der Waals surface area contributed by atoms with Crippen molar-refractivity contribution in [2.75, 3.05) is 19.9 Å². The Hall–Kier alpha value is -3.39. The zero-order valence-corrected chi connectivity index (χ0v) is 19.5. The van der Waals surface area contributed by atoms with Gasteiger partial charge >= 0.3 is 0 Å². The molecule has 0 saturated heterocycles. The van der Waals surface area contributed by atoms with Crippen LogP contribution in [-0.4, -0.2) is 50.5 Å². The number of ether oxygens (including phenoxy) is 1. The van der Waals surface area contributed by atoms with Gasteiger partial charge in [0.25, 0.3) is 0 Å². The predicted octanol–water partition coefficient (Wildman–Crippen LogP) is 4.59. The summed E-state index contributed by atoms with van der Waals surface area (Å²) in [5, 5.41) is 11.8. The van der Waals surface area contributed by atoms with Crippen LogP contribution in [-0.2, 0) is 11.3 Å². The first-order valence-electron chi connectivity index (χ1n) is 10.9. The summed E-state index contributed by atoms with van der Waals surface area (Å²) in [5.74, 6) is 2.04. The molecule has 1 aliphatic rings. The van der Waals surface area contributed by atoms with E-state index in [1.54, 1.807) is 24.4 Å². The summed E-state index contributed by atoms with van der Waals surface area (Å²) in [7, 11) is 3.51. The molecule has 1 aliphatic carbocycles. The van der Waals surface area contributed by atoms with E-state index < -0.39 is 0 Å². The van der Waals surface area contributed by atoms with Gasteiger partial charge in [-0.05, 0) is 59.5 Å². The quantitative estimate of drug-likeness (QED) is 0.359. The number of methoxy groups -OCH3 is 1. The van der Waals surface area contributed by atoms with E-state index in [1.165, 1.54) is 11.8 Å². The summed E-state index contributed by atoms with van der Waals surface area (Å²) in [5.41, 5.74) is 2.04. The van der Waals surface area contributed by atoms with Gasteiger partial charge < -0.3 is 9.64 Å². The Morgan fingerprint density at radius 2 is 1.97 bits per heavy atom. The topological polar surface area (TPSA) is 73.1 Å². The molecule has 2 aromatic heterocycles. The van der Waals surface area contributed by atoms with Crippen LogP contribution in [0.2, 0.25) is 0 Å². The Balaban J connectivity index is 1.25. The molecule has 4 aromatic rings. The van der Waals surface area contributed by atoms with Crippen molar-refractivity contribution in [3.8, 4) is 17.1 Å². The molecule has 1 saturated carbocycles. The Labute approximate surface area is 196 Å². The second kappa shape index (κ2) is 9.23. The maximum Gasteiger partial charge on any atom is 0.233 e. The van der Waals surface area contributed by atoms with Crippen molar-refractivity contribution < 1.29 is 9.53 Å². The number of hydrogen-bond donors (Lipinski definition) is 0. The van der Waals surface area contributed by atoms with Crippen LogP contribution in [0, 0.1) is 0 Å². The number of pyridine rings is 1. The monoisotopic (exact) mass is 459 g/mol. The van der Waals surface area contributed by atoms with E-state index in [9.17, 15) is 4.79 Å². The van der Waals surface area contributed by atoms with Crippen LogP contribution in [0.5, 0.6) is 5.75 Å². The summed E-state index contributed by atoms with van der Waals surface area (Å²) in [4.78, 5) is 18.8. The third-order valence-electron chi connectivity index (χ3n) is 5.78. The summed E-state index contributed by atoms with van der Waals surface area (Å²) in [6.07, 6.45) is 5.77. The first kappa shape index (κ1) is 21.5. The largest absolute Gasteiger partial charge is 0.497 e. The van der Waals surface area contributed by atoms with Crippen LogP contribution in [0.1, 0.15) is 24.4 Å². The maximum atomic E-state index is 12.9. The Morgan fingerprint density at radius 3 is 2.73 bits per heavy atom. The first-order valence-corrected chi connectivity index (χ1v) is 11.9. The molecule has 0 unspecified atom stereocenters. The van der Waals surface area contributed by atoms with Crippen molar-refractivity contribution in [1.82, 2.24) is 24.6 Å². The molecule has 5 rings (SSSR count). The van der Waals surface area contributed by atoms with Gasteiger partial charge in [-0.25, -0.2) is 0 Å². The van der Waals surface area contributed by atoms with Gasteiger partial charge in [0.05, 0.1) is 12.9 Å². The molecular formula is C25H25N5O2S. The first-order chi connectivity index (χ1) is 16.1. The van der Waals surface area contributed by atoms with Crippen molar-refractivity contribution in [2.24, 2.45) is 0 Å². The maximum absolute atomic E-state index is 12.9. The molecule has 0 N–H and O–H groups in total. The lowest BCUT2D eigenvalue weighted by atomic mass is 10.1. The average Bonchev–Trinajstić information content (AvgIpc) is 3.61. The summed E-state index contributed by atoms with van der Waals surface area (Å²) < 4.78 is 7.46. The summed E-state index contributed by atoms with van der Waals surface area (Å²) in [6, 6.07) is 16.5. The Morgan fingerprint density at radius 1 is 1.15 bits per heavy atom. The van der Waals surface area contributed by atoms with E-state index >= 15 is 0 Å². The second-order valence-electron chi connectivity index (χ2n) is 8.23. The van der Waals surface area contributed by atoms with Crippen molar-refractivity contribution in [3.05, 3.63) is 66.5 Å². The molecule has 1 fully saturated rings. The highest BCUT2D eigenvalue weighted by Crippen LogP contribution is 2.41. The minimum absolute atomic E-state index is 0.0584. The molecule has 7 nitrogen and oxygen atoms in total. The standard InChI is InChI=1S/C25H25N5O2S/c1-29(15-17-5-6-19-13-22(32-2)10-7-18(19)12-17)23(31)16-33-25-28-27-24(30(25)21-8-9-21)20-4-3-11-26-14-20/h3-7,10-14,21H,8-9,15-16H2,1-2H3. The number of rotatable bonds is 8. The molecular weight excluding hydrogens is 434 g/mol. The molecule has 33 heavy (non-hydrogen) atoms. The molecule has 0 bridgehead atoms. The number of benzene rings is 2. The van der Waals surface area contributed by atoms with E-state index in [0.717, 1.165) is 51.5 Å². The molecule has 2 aromatic carbocycles. The molecule has 0 atom stereocenters. The van der Waals surface area contributed by atoms with Gasteiger partial charge in [0.15, 0.2) is 11.0 Å². The van der Waals surface area contributed by atoms with Gasteiger partial charge in [-0.2, -0.15) is 0 Å². The van der Waals surface area contributed by atoms with Crippen LogP contribution in [0.4, 0.5) is 0 Å². The Bertz CT molecular complexity index is 1290. The highest BCUT2D eigenvalue weighted by Gasteiger charge is 2.30. The molecule has 2 heterocycles. The van der Waals surface area contributed by atoms with E-state index in [0.29, 0.717) is 18.3 Å². The van der Waals surface area contributed by atoms with Crippen molar-refractivity contribution in [1.29, 1.82) is 0 Å². The molecule has 0 radical (unpaired) electrons. The summed E-state index contributed by atoms with van der Waals surface area (Å²) >= 11 is 1.45. The van der Waals surface area contributed by atoms with Crippen LogP contribution < -0.4 is 4.74 Å². The highest BCUT2D eigenvalue weighted by molar-refractivity contribution is 7.99. The smallest absolute Gasteiger partial charge is 0.233 e. The lowest BCUT2D eigenvalue weighted by molar-refractivity contribution is -0.127. The predicted molar refractivity (Wildman–Crippen MR) is 129 cm³/mol. The lowest BCUT2D eigenvalue weighted by Gasteiger charge is -2.17. The zero-order chi connectivity index (χ0) is 22.8. The number of nitrogens with zero attached hydrogens (tertiary/aromatic N) is 5. The average molecular weight is 460 g/mol. The van der Waals surface area contributed by atoms with Crippen molar-refractivity contribution in [2.45, 2.75) is 30.6 Å². The van der Waals surface area contributed by atoms with Gasteiger partial charge in [-0.15, -0.1) is 10.2 Å². The number of carbonyl (C=O) groups is 1. The van der Waals surface area contributed by atoms with Crippen LogP contribution >= 0.6 is 11.8 Å². The van der Waals surface area contributed by atoms with Crippen LogP contribution in [0.25, 0.3) is 22.2 Å². The second-order valence-corrected chi connectivity index (χ2v) is 9.18. The van der Waals surface area contributed by atoms with Gasteiger partial charge in [0.1, 0.15) is 5.75 Å². The van der Waals surface area contributed by atoms with Crippen molar-refractivity contribution in [3.63, 3.8) is 0 Å². The number of thioether (sulfide) groups is 1.